The molecule has 0 bridgehead atoms. The highest BCUT2D eigenvalue weighted by molar-refractivity contribution is 6.60. The second-order valence-electron chi connectivity index (χ2n) is 15.4. The van der Waals surface area contributed by atoms with Crippen LogP contribution < -0.4 is 18.1 Å². The van der Waals surface area contributed by atoms with E-state index < -0.39 is 17.6 Å². The van der Waals surface area contributed by atoms with Crippen LogP contribution in [0.15, 0.2) is 43.1 Å². The second kappa shape index (κ2) is 37.4. The number of halogens is 1. The molecule has 12 heteroatoms. The van der Waals surface area contributed by atoms with Gasteiger partial charge in [-0.1, -0.05) is 134 Å². The Labute approximate surface area is 349 Å². The molecule has 0 atom stereocenters. The average molecular weight is 835 g/mol. The Balaban J connectivity index is 0. The number of nitrogens with zero attached hydrogens (tertiary/aromatic N) is 2. The van der Waals surface area contributed by atoms with Crippen molar-refractivity contribution in [3.8, 4) is 0 Å². The maximum absolute atomic E-state index is 5.95. The van der Waals surface area contributed by atoms with E-state index in [1.807, 2.05) is 24.4 Å². The lowest BCUT2D eigenvalue weighted by Crippen LogP contribution is -3.00. The van der Waals surface area contributed by atoms with Crippen molar-refractivity contribution in [2.75, 3.05) is 82.4 Å². The molecule has 1 aromatic rings. The second-order valence-corrected chi connectivity index (χ2v) is 21.5. The van der Waals surface area contributed by atoms with Gasteiger partial charge in [-0.2, -0.15) is 0 Å². The van der Waals surface area contributed by atoms with Crippen LogP contribution in [-0.2, 0) is 33.1 Å². The lowest BCUT2D eigenvalue weighted by molar-refractivity contribution is -0.890. The third-order valence-electron chi connectivity index (χ3n) is 10.5. The predicted octanol–water partition coefficient (Wildman–Crippen LogP) is 7.22. The summed E-state index contributed by atoms with van der Waals surface area (Å²) in [5.41, 5.74) is 6.84. The molecular formula is C43H88ClN3O6Si2. The molecule has 0 spiro atoms. The highest BCUT2D eigenvalue weighted by Crippen LogP contribution is 2.19. The van der Waals surface area contributed by atoms with Crippen molar-refractivity contribution >= 4 is 17.6 Å². The molecule has 0 saturated heterocycles. The molecule has 326 valence electrons. The van der Waals surface area contributed by atoms with Gasteiger partial charge in [0.2, 0.25) is 0 Å². The lowest BCUT2D eigenvalue weighted by Gasteiger charge is -2.31. The van der Waals surface area contributed by atoms with E-state index in [9.17, 15) is 0 Å². The van der Waals surface area contributed by atoms with Gasteiger partial charge < -0.3 is 54.1 Å². The summed E-state index contributed by atoms with van der Waals surface area (Å²) in [5.74, 6) is 0. The first-order valence-electron chi connectivity index (χ1n) is 21.5. The van der Waals surface area contributed by atoms with Crippen molar-refractivity contribution in [2.45, 2.75) is 148 Å². The Hall–Kier alpha value is -0.836. The van der Waals surface area contributed by atoms with Gasteiger partial charge in [0, 0.05) is 73.8 Å². The van der Waals surface area contributed by atoms with Crippen LogP contribution in [0.25, 0.3) is 0 Å². The molecule has 0 fully saturated rings. The number of hydrogen-bond acceptors (Lipinski definition) is 8. The summed E-state index contributed by atoms with van der Waals surface area (Å²) in [6.45, 7) is 11.6. The number of hydrogen-bond donors (Lipinski definition) is 1. The van der Waals surface area contributed by atoms with Gasteiger partial charge in [-0.05, 0) is 44.0 Å². The number of rotatable bonds is 37. The van der Waals surface area contributed by atoms with Crippen molar-refractivity contribution < 1.29 is 43.4 Å². The maximum Gasteiger partial charge on any atom is 0.500 e. The van der Waals surface area contributed by atoms with Gasteiger partial charge in [0.15, 0.2) is 0 Å². The average Bonchev–Trinajstić information content (AvgIpc) is 3.19. The Morgan fingerprint density at radius 2 is 1.05 bits per heavy atom. The largest absolute Gasteiger partial charge is 1.00 e. The van der Waals surface area contributed by atoms with Crippen LogP contribution in [-0.4, -0.2) is 109 Å². The quantitative estimate of drug-likeness (QED) is 0.0428. The van der Waals surface area contributed by atoms with E-state index in [1.54, 1.807) is 35.5 Å². The summed E-state index contributed by atoms with van der Waals surface area (Å²) < 4.78 is 34.7. The molecule has 0 heterocycles. The fraction of sp³-hybridized carbons (Fsp3) is 0.814. The summed E-state index contributed by atoms with van der Waals surface area (Å²) in [4.78, 5) is 2.18. The Morgan fingerprint density at radius 1 is 0.618 bits per heavy atom. The van der Waals surface area contributed by atoms with Gasteiger partial charge >= 0.3 is 17.6 Å². The molecule has 1 aromatic carbocycles. The van der Waals surface area contributed by atoms with Crippen molar-refractivity contribution in [1.29, 1.82) is 0 Å². The van der Waals surface area contributed by atoms with Gasteiger partial charge in [0.05, 0.1) is 27.2 Å². The van der Waals surface area contributed by atoms with Gasteiger partial charge in [-0.15, -0.1) is 0 Å². The maximum atomic E-state index is 5.95. The summed E-state index contributed by atoms with van der Waals surface area (Å²) in [5, 5.41) is 0. The van der Waals surface area contributed by atoms with E-state index in [1.165, 1.54) is 115 Å². The summed E-state index contributed by atoms with van der Waals surface area (Å²) >= 11 is 0. The predicted molar refractivity (Wildman–Crippen MR) is 233 cm³/mol. The summed E-state index contributed by atoms with van der Waals surface area (Å²) in [6.07, 6.45) is 27.6. The van der Waals surface area contributed by atoms with E-state index in [-0.39, 0.29) is 12.4 Å². The molecule has 0 saturated carbocycles. The normalized spacial score (nSPS) is 11.9. The third-order valence-corrected chi connectivity index (χ3v) is 16.2. The Kier molecular flexibility index (Phi) is 38.3. The number of unbranched alkanes of at least 4 members (excludes halogenated alkanes) is 15. The van der Waals surface area contributed by atoms with E-state index in [0.29, 0.717) is 13.2 Å². The van der Waals surface area contributed by atoms with Crippen LogP contribution in [0.3, 0.4) is 0 Å². The smallest absolute Gasteiger partial charge is 0.500 e. The van der Waals surface area contributed by atoms with Crippen LogP contribution in [0.2, 0.25) is 12.1 Å². The van der Waals surface area contributed by atoms with Crippen molar-refractivity contribution in [2.24, 2.45) is 5.73 Å². The van der Waals surface area contributed by atoms with Crippen molar-refractivity contribution in [3.63, 3.8) is 0 Å². The zero-order valence-electron chi connectivity index (χ0n) is 37.1. The van der Waals surface area contributed by atoms with E-state index in [2.05, 4.69) is 44.6 Å². The van der Waals surface area contributed by atoms with Crippen molar-refractivity contribution in [1.82, 2.24) is 4.90 Å². The number of quaternary nitrogens is 1. The summed E-state index contributed by atoms with van der Waals surface area (Å²) in [6, 6.07) is 12.0. The molecule has 0 unspecified atom stereocenters. The molecule has 55 heavy (non-hydrogen) atoms. The highest BCUT2D eigenvalue weighted by Gasteiger charge is 2.38. The molecule has 0 aromatic heterocycles. The third kappa shape index (κ3) is 30.0. The molecule has 0 amide bonds. The van der Waals surface area contributed by atoms with E-state index in [4.69, 9.17) is 32.3 Å². The minimum absolute atomic E-state index is 0. The van der Waals surface area contributed by atoms with Crippen LogP contribution >= 0.6 is 0 Å². The monoisotopic (exact) mass is 834 g/mol. The topological polar surface area (TPSA) is 84.6 Å². The minimum Gasteiger partial charge on any atom is -1.00 e. The van der Waals surface area contributed by atoms with Gasteiger partial charge in [-0.25, -0.2) is 0 Å². The molecule has 2 N–H and O–H groups in total. The Morgan fingerprint density at radius 3 is 1.49 bits per heavy atom. The zero-order valence-corrected chi connectivity index (χ0v) is 39.8. The molecule has 0 radical (unpaired) electrons. The van der Waals surface area contributed by atoms with E-state index >= 15 is 0 Å². The first-order valence-corrected chi connectivity index (χ1v) is 25.3. The van der Waals surface area contributed by atoms with Crippen LogP contribution in [0.5, 0.6) is 0 Å². The van der Waals surface area contributed by atoms with Gasteiger partial charge in [0.1, 0.15) is 0 Å². The molecule has 0 aliphatic heterocycles. The van der Waals surface area contributed by atoms with Crippen LogP contribution in [0, 0.1) is 0 Å². The fourth-order valence-electron chi connectivity index (χ4n) is 6.82. The first-order chi connectivity index (χ1) is 26.1. The molecule has 0 aliphatic carbocycles. The SMILES string of the molecule is C=CN(CCCO[Si](CCCN)(OC)OC)Cc1ccccc1.CCCCCCCCCCCCCCCCCC[N+](C)(C)CCC[Si](OC)(OC)OC.[Cl-]. The summed E-state index contributed by atoms with van der Waals surface area (Å²) in [7, 11) is 8.16. The molecule has 0 aliphatic rings. The first kappa shape index (κ1) is 56.3. The van der Waals surface area contributed by atoms with Gasteiger partial charge in [0.25, 0.3) is 0 Å². The fourth-order valence-corrected chi connectivity index (χ4v) is 10.6. The van der Waals surface area contributed by atoms with E-state index in [0.717, 1.165) is 55.5 Å². The van der Waals surface area contributed by atoms with Gasteiger partial charge in [-0.3, -0.25) is 0 Å². The number of nitrogens with two attached hydrogens (primary N) is 1. The highest BCUT2D eigenvalue weighted by atomic mass is 35.5. The molecular weight excluding hydrogens is 746 g/mol. The Bertz CT molecular complexity index is 953. The van der Waals surface area contributed by atoms with Crippen molar-refractivity contribution in [3.05, 3.63) is 48.7 Å². The molecule has 9 nitrogen and oxygen atoms in total. The number of benzene rings is 1. The minimum atomic E-state index is -2.55. The standard InChI is InChI=1S/C26H58NO3Si.C17H30N2O3Si.ClH/c1-7-8-9-10-11-12-13-14-15-16-17-18-19-20-21-22-24-27(2,3)25-23-26-31(28-4,29-5)30-6;1-4-19(16-17-10-6-5-7-11-17)13-9-14-22-23(20-2,21-3)15-8-12-18;/h7-26H2,1-6H3;4-7,10-11H,1,8-9,12-16,18H2,2-3H3;1H/q+1;;/p-1. The van der Waals surface area contributed by atoms with Crippen LogP contribution in [0.1, 0.15) is 134 Å². The zero-order chi connectivity index (χ0) is 40.2. The molecule has 1 rings (SSSR count). The lowest BCUT2D eigenvalue weighted by atomic mass is 10.0. The van der Waals surface area contributed by atoms with Crippen LogP contribution in [0.4, 0.5) is 0 Å².